The highest BCUT2D eigenvalue weighted by Gasteiger charge is 2.20. The molecule has 0 atom stereocenters. The smallest absolute Gasteiger partial charge is 0.356 e. The lowest BCUT2D eigenvalue weighted by atomic mass is 10.3. The van der Waals surface area contributed by atoms with Gasteiger partial charge in [-0.05, 0) is 24.3 Å². The molecule has 0 spiro atoms. The number of carbonyl (C=O) groups is 1. The Bertz CT molecular complexity index is 793. The molecular weight excluding hydrogens is 286 g/mol. The number of rotatable bonds is 2. The van der Waals surface area contributed by atoms with Crippen LogP contribution in [0, 0.1) is 0 Å². The fourth-order valence-electron chi connectivity index (χ4n) is 1.92. The number of nitrogens with zero attached hydrogens (tertiary/aromatic N) is 2. The van der Waals surface area contributed by atoms with Crippen LogP contribution in [0.1, 0.15) is 10.5 Å². The van der Waals surface area contributed by atoms with Gasteiger partial charge in [0.05, 0.1) is 14.9 Å². The van der Waals surface area contributed by atoms with Crippen molar-refractivity contribution in [1.82, 2.24) is 9.38 Å². The van der Waals surface area contributed by atoms with E-state index in [9.17, 15) is 9.90 Å². The molecule has 19 heavy (non-hydrogen) atoms. The van der Waals surface area contributed by atoms with Crippen LogP contribution in [0.25, 0.3) is 16.2 Å². The molecule has 0 fully saturated rings. The summed E-state index contributed by atoms with van der Waals surface area (Å²) >= 11 is 7.24. The topological polar surface area (TPSA) is 80.6 Å². The molecule has 3 N–H and O–H groups in total. The molecule has 0 aromatic carbocycles. The molecule has 0 amide bonds. The summed E-state index contributed by atoms with van der Waals surface area (Å²) in [4.78, 5) is 16.2. The first-order chi connectivity index (χ1) is 9.08. The van der Waals surface area contributed by atoms with Crippen LogP contribution in [0.3, 0.4) is 0 Å². The minimum Gasteiger partial charge on any atom is -0.476 e. The summed E-state index contributed by atoms with van der Waals surface area (Å²) in [5.74, 6) is -0.582. The van der Waals surface area contributed by atoms with Gasteiger partial charge in [0.25, 0.3) is 0 Å². The van der Waals surface area contributed by atoms with Crippen molar-refractivity contribution in [1.29, 1.82) is 0 Å². The molecule has 0 saturated carbocycles. The van der Waals surface area contributed by atoms with E-state index in [1.54, 1.807) is 34.9 Å². The summed E-state index contributed by atoms with van der Waals surface area (Å²) in [5.41, 5.74) is 6.56. The highest BCUT2D eigenvalue weighted by molar-refractivity contribution is 7.19. The average molecular weight is 294 g/mol. The van der Waals surface area contributed by atoms with E-state index in [1.807, 2.05) is 0 Å². The van der Waals surface area contributed by atoms with Crippen molar-refractivity contribution in [3.05, 3.63) is 40.5 Å². The van der Waals surface area contributed by atoms with E-state index in [4.69, 9.17) is 17.3 Å². The number of imidazole rings is 1. The first-order valence-corrected chi connectivity index (χ1v) is 6.53. The molecule has 3 heterocycles. The normalized spacial score (nSPS) is 11.0. The molecule has 0 saturated heterocycles. The Morgan fingerprint density at radius 3 is 2.84 bits per heavy atom. The second-order valence-electron chi connectivity index (χ2n) is 3.88. The number of anilines is 1. The van der Waals surface area contributed by atoms with Crippen LogP contribution in [-0.4, -0.2) is 20.5 Å². The number of carboxylic acids is 1. The van der Waals surface area contributed by atoms with E-state index in [-0.39, 0.29) is 5.69 Å². The van der Waals surface area contributed by atoms with Gasteiger partial charge in [-0.3, -0.25) is 4.40 Å². The quantitative estimate of drug-likeness (QED) is 0.761. The Morgan fingerprint density at radius 1 is 1.42 bits per heavy atom. The zero-order valence-electron chi connectivity index (χ0n) is 9.50. The van der Waals surface area contributed by atoms with Gasteiger partial charge in [0.2, 0.25) is 0 Å². The predicted molar refractivity (Wildman–Crippen MR) is 74.9 cm³/mol. The molecule has 7 heteroatoms. The molecule has 5 nitrogen and oxygen atoms in total. The Kier molecular flexibility index (Phi) is 2.69. The van der Waals surface area contributed by atoms with Crippen molar-refractivity contribution in [3.8, 4) is 10.7 Å². The molecule has 3 aromatic heterocycles. The first kappa shape index (κ1) is 12.0. The van der Waals surface area contributed by atoms with E-state index < -0.39 is 5.97 Å². The number of nitrogen functional groups attached to an aromatic ring is 1. The van der Waals surface area contributed by atoms with Crippen molar-refractivity contribution < 1.29 is 9.90 Å². The van der Waals surface area contributed by atoms with Gasteiger partial charge in [-0.25, -0.2) is 9.78 Å². The van der Waals surface area contributed by atoms with Crippen LogP contribution in [0.2, 0.25) is 4.34 Å². The van der Waals surface area contributed by atoms with Gasteiger partial charge in [-0.1, -0.05) is 11.6 Å². The number of thiophene rings is 1. The summed E-state index contributed by atoms with van der Waals surface area (Å²) < 4.78 is 2.29. The van der Waals surface area contributed by atoms with E-state index in [2.05, 4.69) is 4.98 Å². The maximum absolute atomic E-state index is 11.3. The summed E-state index contributed by atoms with van der Waals surface area (Å²) in [6.45, 7) is 0. The standard InChI is InChI=1S/C12H8ClN3O2S/c13-8-4-3-7(19-8)11-15-9(12(17)18)10-6(14)2-1-5-16(10)11/h1-5H,14H2,(H,17,18). The molecule has 0 aliphatic rings. The lowest BCUT2D eigenvalue weighted by molar-refractivity contribution is 0.0693. The monoisotopic (exact) mass is 293 g/mol. The van der Waals surface area contributed by atoms with Crippen molar-refractivity contribution in [2.45, 2.75) is 0 Å². The minimum absolute atomic E-state index is 0.0578. The molecule has 96 valence electrons. The van der Waals surface area contributed by atoms with E-state index in [1.165, 1.54) is 11.3 Å². The molecule has 0 radical (unpaired) electrons. The maximum Gasteiger partial charge on any atom is 0.356 e. The molecular formula is C12H8ClN3O2S. The van der Waals surface area contributed by atoms with Gasteiger partial charge in [-0.2, -0.15) is 0 Å². The van der Waals surface area contributed by atoms with Crippen molar-refractivity contribution >= 4 is 40.1 Å². The third kappa shape index (κ3) is 1.85. The van der Waals surface area contributed by atoms with E-state index >= 15 is 0 Å². The molecule has 0 unspecified atom stereocenters. The SMILES string of the molecule is Nc1cccn2c(-c3ccc(Cl)s3)nc(C(=O)O)c12. The third-order valence-electron chi connectivity index (χ3n) is 2.69. The number of pyridine rings is 1. The minimum atomic E-state index is -1.11. The van der Waals surface area contributed by atoms with Crippen LogP contribution >= 0.6 is 22.9 Å². The highest BCUT2D eigenvalue weighted by atomic mass is 35.5. The maximum atomic E-state index is 11.3. The Balaban J connectivity index is 2.38. The fourth-order valence-corrected chi connectivity index (χ4v) is 2.95. The number of carboxylic acid groups (broad SMARTS) is 1. The Hall–Kier alpha value is -2.05. The number of hydrogen-bond acceptors (Lipinski definition) is 4. The summed E-state index contributed by atoms with van der Waals surface area (Å²) in [6, 6.07) is 6.94. The van der Waals surface area contributed by atoms with Gasteiger partial charge in [0.1, 0.15) is 5.52 Å². The molecule has 0 aliphatic heterocycles. The number of hydrogen-bond donors (Lipinski definition) is 2. The number of nitrogens with two attached hydrogens (primary N) is 1. The lowest BCUT2D eigenvalue weighted by Gasteiger charge is -2.00. The van der Waals surface area contributed by atoms with Crippen molar-refractivity contribution in [2.75, 3.05) is 5.73 Å². The van der Waals surface area contributed by atoms with Crippen molar-refractivity contribution in [3.63, 3.8) is 0 Å². The van der Waals surface area contributed by atoms with E-state index in [0.717, 1.165) is 4.88 Å². The average Bonchev–Trinajstić information content (AvgIpc) is 2.93. The highest BCUT2D eigenvalue weighted by Crippen LogP contribution is 2.32. The van der Waals surface area contributed by atoms with Crippen LogP contribution in [0.5, 0.6) is 0 Å². The third-order valence-corrected chi connectivity index (χ3v) is 3.92. The molecule has 3 aromatic rings. The number of halogens is 1. The second-order valence-corrected chi connectivity index (χ2v) is 5.59. The Morgan fingerprint density at radius 2 is 2.21 bits per heavy atom. The first-order valence-electron chi connectivity index (χ1n) is 5.33. The zero-order chi connectivity index (χ0) is 13.6. The summed E-state index contributed by atoms with van der Waals surface area (Å²) in [7, 11) is 0. The predicted octanol–water partition coefficient (Wildman–Crippen LogP) is 3.00. The molecule has 0 aliphatic carbocycles. The van der Waals surface area contributed by atoms with E-state index in [0.29, 0.717) is 21.4 Å². The van der Waals surface area contributed by atoms with Gasteiger partial charge in [0.15, 0.2) is 11.5 Å². The van der Waals surface area contributed by atoms with Crippen LogP contribution in [0.4, 0.5) is 5.69 Å². The fraction of sp³-hybridized carbons (Fsp3) is 0. The molecule has 0 bridgehead atoms. The largest absolute Gasteiger partial charge is 0.476 e. The number of fused-ring (bicyclic) bond motifs is 1. The number of aromatic carboxylic acids is 1. The van der Waals surface area contributed by atoms with Gasteiger partial charge in [0, 0.05) is 6.20 Å². The van der Waals surface area contributed by atoms with Gasteiger partial charge < -0.3 is 10.8 Å². The summed E-state index contributed by atoms with van der Waals surface area (Å²) in [5, 5.41) is 9.22. The second kappa shape index (κ2) is 4.25. The Labute approximate surface area is 116 Å². The lowest BCUT2D eigenvalue weighted by Crippen LogP contribution is -2.00. The molecule has 3 rings (SSSR count). The van der Waals surface area contributed by atoms with Crippen LogP contribution < -0.4 is 5.73 Å². The van der Waals surface area contributed by atoms with Gasteiger partial charge in [-0.15, -0.1) is 11.3 Å². The van der Waals surface area contributed by atoms with Crippen LogP contribution in [0.15, 0.2) is 30.5 Å². The number of aromatic nitrogens is 2. The van der Waals surface area contributed by atoms with Crippen molar-refractivity contribution in [2.24, 2.45) is 0 Å². The van der Waals surface area contributed by atoms with Gasteiger partial charge >= 0.3 is 5.97 Å². The van der Waals surface area contributed by atoms with Crippen LogP contribution in [-0.2, 0) is 0 Å². The summed E-state index contributed by atoms with van der Waals surface area (Å²) in [6.07, 6.45) is 1.73. The zero-order valence-corrected chi connectivity index (χ0v) is 11.1.